The predicted molar refractivity (Wildman–Crippen MR) is 70.8 cm³/mol. The van der Waals surface area contributed by atoms with Gasteiger partial charge in [0.2, 0.25) is 0 Å². The molecule has 0 aromatic heterocycles. The highest BCUT2D eigenvalue weighted by molar-refractivity contribution is 5.95. The average molecular weight is 297 g/mol. The third-order valence-corrected chi connectivity index (χ3v) is 3.66. The number of hydrogen-bond donors (Lipinski definition) is 2. The van der Waals surface area contributed by atoms with Crippen LogP contribution in [-0.4, -0.2) is 43.3 Å². The van der Waals surface area contributed by atoms with Gasteiger partial charge in [0, 0.05) is 5.56 Å². The number of aliphatic carboxylic acids is 1. The minimum Gasteiger partial charge on any atom is -0.494 e. The molecule has 0 saturated carbocycles. The van der Waals surface area contributed by atoms with Gasteiger partial charge in [-0.05, 0) is 25.1 Å². The molecular formula is C14H16FNO5. The summed E-state index contributed by atoms with van der Waals surface area (Å²) in [5.74, 6) is -2.23. The summed E-state index contributed by atoms with van der Waals surface area (Å²) in [4.78, 5) is 23.4. The molecule has 1 aromatic rings. The van der Waals surface area contributed by atoms with Gasteiger partial charge in [-0.15, -0.1) is 0 Å². The van der Waals surface area contributed by atoms with Crippen LogP contribution in [0.25, 0.3) is 0 Å². The fraction of sp³-hybridized carbons (Fsp3) is 0.429. The van der Waals surface area contributed by atoms with Crippen LogP contribution in [0, 0.1) is 11.2 Å². The summed E-state index contributed by atoms with van der Waals surface area (Å²) < 4.78 is 23.5. The molecule has 2 unspecified atom stereocenters. The van der Waals surface area contributed by atoms with E-state index in [0.29, 0.717) is 0 Å². The first kappa shape index (κ1) is 15.2. The lowest BCUT2D eigenvalue weighted by atomic mass is 9.85. The van der Waals surface area contributed by atoms with Crippen molar-refractivity contribution < 1.29 is 28.6 Å². The smallest absolute Gasteiger partial charge is 0.313 e. The van der Waals surface area contributed by atoms with Crippen molar-refractivity contribution in [2.75, 3.05) is 20.3 Å². The maximum absolute atomic E-state index is 13.6. The molecule has 1 aliphatic heterocycles. The van der Waals surface area contributed by atoms with Crippen molar-refractivity contribution >= 4 is 11.9 Å². The molecule has 1 amide bonds. The first-order valence-corrected chi connectivity index (χ1v) is 6.34. The minimum absolute atomic E-state index is 0.0181. The summed E-state index contributed by atoms with van der Waals surface area (Å²) in [5.41, 5.74) is -1.10. The largest absolute Gasteiger partial charge is 0.494 e. The van der Waals surface area contributed by atoms with Crippen molar-refractivity contribution in [2.24, 2.45) is 5.41 Å². The number of methoxy groups -OCH3 is 1. The molecule has 0 bridgehead atoms. The summed E-state index contributed by atoms with van der Waals surface area (Å²) in [6.45, 7) is 1.62. The first-order chi connectivity index (χ1) is 9.88. The van der Waals surface area contributed by atoms with Gasteiger partial charge in [-0.1, -0.05) is 0 Å². The lowest BCUT2D eigenvalue weighted by Gasteiger charge is -2.25. The average Bonchev–Trinajstić information content (AvgIpc) is 2.81. The molecule has 1 fully saturated rings. The van der Waals surface area contributed by atoms with Crippen molar-refractivity contribution in [2.45, 2.75) is 13.0 Å². The fourth-order valence-electron chi connectivity index (χ4n) is 2.13. The second kappa shape index (κ2) is 5.69. The first-order valence-electron chi connectivity index (χ1n) is 6.34. The van der Waals surface area contributed by atoms with Crippen molar-refractivity contribution in [3.63, 3.8) is 0 Å². The lowest BCUT2D eigenvalue weighted by Crippen LogP contribution is -2.49. The van der Waals surface area contributed by atoms with Gasteiger partial charge in [-0.25, -0.2) is 4.39 Å². The summed E-state index contributed by atoms with van der Waals surface area (Å²) in [5, 5.41) is 11.8. The number of halogens is 1. The van der Waals surface area contributed by atoms with Crippen LogP contribution in [0.5, 0.6) is 5.75 Å². The molecule has 114 valence electrons. The number of carboxylic acid groups (broad SMARTS) is 1. The van der Waals surface area contributed by atoms with Gasteiger partial charge in [-0.2, -0.15) is 0 Å². The van der Waals surface area contributed by atoms with Crippen LogP contribution in [0.2, 0.25) is 0 Å². The van der Waals surface area contributed by atoms with E-state index in [-0.39, 0.29) is 24.5 Å². The highest BCUT2D eigenvalue weighted by atomic mass is 19.1. The summed E-state index contributed by atoms with van der Waals surface area (Å²) in [6, 6.07) is 3.12. The second-order valence-corrected chi connectivity index (χ2v) is 5.11. The molecule has 7 heteroatoms. The van der Waals surface area contributed by atoms with E-state index in [0.717, 1.165) is 6.07 Å². The molecule has 1 aliphatic rings. The highest BCUT2D eigenvalue weighted by Crippen LogP contribution is 2.29. The Morgan fingerprint density at radius 1 is 1.52 bits per heavy atom. The molecule has 6 nitrogen and oxygen atoms in total. The standard InChI is InChI=1S/C14H16FNO5/c1-14(13(18)19)7-21-6-11(14)16-12(17)8-3-4-10(20-2)9(15)5-8/h3-5,11H,6-7H2,1-2H3,(H,16,17)(H,18,19). The third-order valence-electron chi connectivity index (χ3n) is 3.66. The predicted octanol–water partition coefficient (Wildman–Crippen LogP) is 1.05. The van der Waals surface area contributed by atoms with E-state index < -0.39 is 29.2 Å². The number of carbonyl (C=O) groups is 2. The number of nitrogens with one attached hydrogen (secondary N) is 1. The van der Waals surface area contributed by atoms with Crippen LogP contribution < -0.4 is 10.1 Å². The van der Waals surface area contributed by atoms with E-state index in [4.69, 9.17) is 9.47 Å². The Balaban J connectivity index is 2.15. The topological polar surface area (TPSA) is 84.9 Å². The number of benzene rings is 1. The van der Waals surface area contributed by atoms with Crippen LogP contribution in [0.3, 0.4) is 0 Å². The number of ether oxygens (including phenoxy) is 2. The molecule has 2 N–H and O–H groups in total. The Morgan fingerprint density at radius 3 is 2.81 bits per heavy atom. The van der Waals surface area contributed by atoms with Crippen LogP contribution in [-0.2, 0) is 9.53 Å². The van der Waals surface area contributed by atoms with Crippen molar-refractivity contribution in [3.05, 3.63) is 29.6 Å². The van der Waals surface area contributed by atoms with E-state index in [1.54, 1.807) is 0 Å². The van der Waals surface area contributed by atoms with E-state index in [1.165, 1.54) is 26.2 Å². The molecule has 0 spiro atoms. The number of amides is 1. The van der Waals surface area contributed by atoms with Crippen LogP contribution in [0.1, 0.15) is 17.3 Å². The molecule has 21 heavy (non-hydrogen) atoms. The van der Waals surface area contributed by atoms with Gasteiger partial charge in [-0.3, -0.25) is 9.59 Å². The lowest BCUT2D eigenvalue weighted by molar-refractivity contribution is -0.148. The Labute approximate surface area is 120 Å². The molecule has 1 aromatic carbocycles. The van der Waals surface area contributed by atoms with E-state index in [2.05, 4.69) is 5.32 Å². The Morgan fingerprint density at radius 2 is 2.24 bits per heavy atom. The van der Waals surface area contributed by atoms with Gasteiger partial charge in [0.15, 0.2) is 11.6 Å². The van der Waals surface area contributed by atoms with E-state index >= 15 is 0 Å². The Hall–Kier alpha value is -2.15. The number of carboxylic acids is 1. The van der Waals surface area contributed by atoms with Crippen LogP contribution in [0.15, 0.2) is 18.2 Å². The zero-order valence-electron chi connectivity index (χ0n) is 11.7. The number of carbonyl (C=O) groups excluding carboxylic acids is 1. The monoisotopic (exact) mass is 297 g/mol. The normalized spacial score (nSPS) is 24.6. The van der Waals surface area contributed by atoms with Gasteiger partial charge in [0.1, 0.15) is 5.41 Å². The molecule has 1 heterocycles. The maximum Gasteiger partial charge on any atom is 0.313 e. The fourth-order valence-corrected chi connectivity index (χ4v) is 2.13. The molecule has 1 saturated heterocycles. The summed E-state index contributed by atoms with van der Waals surface area (Å²) in [6.07, 6.45) is 0. The summed E-state index contributed by atoms with van der Waals surface area (Å²) >= 11 is 0. The minimum atomic E-state index is -1.19. The zero-order chi connectivity index (χ0) is 15.6. The van der Waals surface area contributed by atoms with E-state index in [1.807, 2.05) is 0 Å². The van der Waals surface area contributed by atoms with Crippen molar-refractivity contribution in [1.82, 2.24) is 5.32 Å². The highest BCUT2D eigenvalue weighted by Gasteiger charge is 2.47. The maximum atomic E-state index is 13.6. The van der Waals surface area contributed by atoms with Crippen LogP contribution >= 0.6 is 0 Å². The van der Waals surface area contributed by atoms with Crippen molar-refractivity contribution in [1.29, 1.82) is 0 Å². The second-order valence-electron chi connectivity index (χ2n) is 5.11. The van der Waals surface area contributed by atoms with Gasteiger partial charge >= 0.3 is 5.97 Å². The molecular weight excluding hydrogens is 281 g/mol. The van der Waals surface area contributed by atoms with Crippen molar-refractivity contribution in [3.8, 4) is 5.75 Å². The molecule has 0 radical (unpaired) electrons. The number of rotatable bonds is 4. The zero-order valence-corrected chi connectivity index (χ0v) is 11.7. The van der Waals surface area contributed by atoms with Gasteiger partial charge in [0.05, 0.1) is 26.4 Å². The molecule has 2 atom stereocenters. The Kier molecular flexibility index (Phi) is 4.13. The van der Waals surface area contributed by atoms with E-state index in [9.17, 15) is 19.1 Å². The SMILES string of the molecule is COc1ccc(C(=O)NC2COCC2(C)C(=O)O)cc1F. The summed E-state index contributed by atoms with van der Waals surface area (Å²) in [7, 11) is 1.33. The molecule has 2 rings (SSSR count). The number of hydrogen-bond acceptors (Lipinski definition) is 4. The third kappa shape index (κ3) is 2.82. The van der Waals surface area contributed by atoms with Crippen LogP contribution in [0.4, 0.5) is 4.39 Å². The quantitative estimate of drug-likeness (QED) is 0.868. The molecule has 0 aliphatic carbocycles. The van der Waals surface area contributed by atoms with Gasteiger partial charge in [0.25, 0.3) is 5.91 Å². The Bertz CT molecular complexity index is 576. The van der Waals surface area contributed by atoms with Gasteiger partial charge < -0.3 is 19.9 Å².